The third kappa shape index (κ3) is 3.46. The van der Waals surface area contributed by atoms with E-state index in [0.717, 1.165) is 0 Å². The van der Waals surface area contributed by atoms with E-state index in [2.05, 4.69) is 10.5 Å². The molecule has 0 aliphatic rings. The molecule has 0 fully saturated rings. The second kappa shape index (κ2) is 6.19. The zero-order chi connectivity index (χ0) is 15.4. The molecule has 1 aromatic carbocycles. The molecule has 1 aromatic heterocycles. The fraction of sp³-hybridized carbons (Fsp3) is 0.214. The van der Waals surface area contributed by atoms with Gasteiger partial charge in [0.2, 0.25) is 0 Å². The third-order valence-electron chi connectivity index (χ3n) is 2.80. The Balaban J connectivity index is 2.15. The number of carboxylic acids is 1. The van der Waals surface area contributed by atoms with Crippen LogP contribution in [0.15, 0.2) is 28.8 Å². The highest BCUT2D eigenvalue weighted by Gasteiger charge is 2.14. The van der Waals surface area contributed by atoms with Crippen LogP contribution in [0.2, 0.25) is 0 Å². The van der Waals surface area contributed by atoms with Gasteiger partial charge in [0.1, 0.15) is 6.61 Å². The number of methoxy groups -OCH3 is 1. The van der Waals surface area contributed by atoms with Crippen LogP contribution in [0.3, 0.4) is 0 Å². The number of aryl methyl sites for hydroxylation is 1. The molecule has 7 heteroatoms. The number of rotatable bonds is 5. The molecule has 0 spiro atoms. The normalized spacial score (nSPS) is 10.4. The van der Waals surface area contributed by atoms with Gasteiger partial charge in [0.05, 0.1) is 5.56 Å². The van der Waals surface area contributed by atoms with Crippen molar-refractivity contribution >= 4 is 17.6 Å². The molecule has 2 rings (SSSR count). The summed E-state index contributed by atoms with van der Waals surface area (Å²) in [6.07, 6.45) is 0. The number of aromatic nitrogens is 1. The number of amides is 1. The molecule has 2 N–H and O–H groups in total. The van der Waals surface area contributed by atoms with E-state index < -0.39 is 11.9 Å². The first kappa shape index (κ1) is 14.7. The van der Waals surface area contributed by atoms with E-state index in [1.54, 1.807) is 19.1 Å². The van der Waals surface area contributed by atoms with Gasteiger partial charge in [-0.1, -0.05) is 11.2 Å². The molecule has 1 heterocycles. The van der Waals surface area contributed by atoms with Crippen LogP contribution in [0.4, 0.5) is 5.69 Å². The maximum absolute atomic E-state index is 12.0. The van der Waals surface area contributed by atoms with Gasteiger partial charge in [-0.05, 0) is 24.6 Å². The number of aromatic carboxylic acids is 1. The number of hydrogen-bond donors (Lipinski definition) is 2. The fourth-order valence-corrected chi connectivity index (χ4v) is 1.76. The molecular weight excluding hydrogens is 276 g/mol. The molecule has 0 atom stereocenters. The number of carboxylic acid groups (broad SMARTS) is 1. The summed E-state index contributed by atoms with van der Waals surface area (Å²) in [5, 5.41) is 15.2. The van der Waals surface area contributed by atoms with Crippen LogP contribution in [0.5, 0.6) is 0 Å². The van der Waals surface area contributed by atoms with Gasteiger partial charge in [-0.25, -0.2) is 4.79 Å². The number of nitrogens with one attached hydrogen (secondary N) is 1. The van der Waals surface area contributed by atoms with Crippen molar-refractivity contribution in [3.63, 3.8) is 0 Å². The number of ether oxygens (including phenoxy) is 1. The summed E-state index contributed by atoms with van der Waals surface area (Å²) >= 11 is 0. The highest BCUT2D eigenvalue weighted by atomic mass is 16.5. The van der Waals surface area contributed by atoms with Gasteiger partial charge in [0.15, 0.2) is 11.5 Å². The van der Waals surface area contributed by atoms with Crippen molar-refractivity contribution in [3.05, 3.63) is 46.8 Å². The molecule has 0 radical (unpaired) electrons. The van der Waals surface area contributed by atoms with Crippen LogP contribution in [0.25, 0.3) is 0 Å². The Morgan fingerprint density at radius 2 is 2.14 bits per heavy atom. The standard InChI is InChI=1S/C14H14N2O5/c1-8-3-4-9(5-11(8)14(18)19)15-13(17)12-6-10(7-20-2)21-16-12/h3-6H,7H2,1-2H3,(H,15,17)(H,18,19). The Morgan fingerprint density at radius 1 is 1.38 bits per heavy atom. The largest absolute Gasteiger partial charge is 0.478 e. The number of carbonyl (C=O) groups excluding carboxylic acids is 1. The molecule has 2 aromatic rings. The smallest absolute Gasteiger partial charge is 0.336 e. The topological polar surface area (TPSA) is 102 Å². The molecule has 0 aliphatic heterocycles. The lowest BCUT2D eigenvalue weighted by Crippen LogP contribution is -2.13. The predicted octanol–water partition coefficient (Wildman–Crippen LogP) is 2.08. The summed E-state index contributed by atoms with van der Waals surface area (Å²) in [6, 6.07) is 6.10. The van der Waals surface area contributed by atoms with E-state index in [0.29, 0.717) is 17.0 Å². The predicted molar refractivity (Wildman–Crippen MR) is 73.3 cm³/mol. The highest BCUT2D eigenvalue weighted by Crippen LogP contribution is 2.16. The Bertz CT molecular complexity index is 678. The fourth-order valence-electron chi connectivity index (χ4n) is 1.76. The van der Waals surface area contributed by atoms with Gasteiger partial charge >= 0.3 is 5.97 Å². The minimum absolute atomic E-state index is 0.0968. The average molecular weight is 290 g/mol. The molecule has 0 bridgehead atoms. The lowest BCUT2D eigenvalue weighted by Gasteiger charge is -2.06. The summed E-state index contributed by atoms with van der Waals surface area (Å²) in [7, 11) is 1.50. The van der Waals surface area contributed by atoms with Gasteiger partial charge in [0.25, 0.3) is 5.91 Å². The Kier molecular flexibility index (Phi) is 4.34. The zero-order valence-electron chi connectivity index (χ0n) is 11.5. The van der Waals surface area contributed by atoms with Crippen molar-refractivity contribution in [3.8, 4) is 0 Å². The Labute approximate surface area is 120 Å². The molecule has 0 unspecified atom stereocenters. The summed E-state index contributed by atoms with van der Waals surface area (Å²) in [5.41, 5.74) is 1.22. The number of benzene rings is 1. The summed E-state index contributed by atoms with van der Waals surface area (Å²) < 4.78 is 9.78. The van der Waals surface area contributed by atoms with Gasteiger partial charge in [-0.2, -0.15) is 0 Å². The zero-order valence-corrected chi connectivity index (χ0v) is 11.5. The molecule has 0 saturated carbocycles. The Morgan fingerprint density at radius 3 is 2.81 bits per heavy atom. The van der Waals surface area contributed by atoms with Crippen LogP contribution in [0.1, 0.15) is 32.2 Å². The molecule has 7 nitrogen and oxygen atoms in total. The molecule has 0 aliphatic carbocycles. The molecule has 1 amide bonds. The van der Waals surface area contributed by atoms with Crippen molar-refractivity contribution in [2.75, 3.05) is 12.4 Å². The molecular formula is C14H14N2O5. The van der Waals surface area contributed by atoms with E-state index in [4.69, 9.17) is 14.4 Å². The van der Waals surface area contributed by atoms with Gasteiger partial charge in [-0.15, -0.1) is 0 Å². The summed E-state index contributed by atoms with van der Waals surface area (Å²) in [4.78, 5) is 23.0. The van der Waals surface area contributed by atoms with Crippen LogP contribution < -0.4 is 5.32 Å². The first-order valence-corrected chi connectivity index (χ1v) is 6.11. The van der Waals surface area contributed by atoms with Crippen LogP contribution in [-0.2, 0) is 11.3 Å². The van der Waals surface area contributed by atoms with Gasteiger partial charge in [0, 0.05) is 18.9 Å². The van der Waals surface area contributed by atoms with Crippen LogP contribution in [0, 0.1) is 6.92 Å². The minimum Gasteiger partial charge on any atom is -0.478 e. The maximum Gasteiger partial charge on any atom is 0.336 e. The number of nitrogens with zero attached hydrogens (tertiary/aromatic N) is 1. The maximum atomic E-state index is 12.0. The van der Waals surface area contributed by atoms with Gasteiger partial charge in [-0.3, -0.25) is 4.79 Å². The average Bonchev–Trinajstić information content (AvgIpc) is 2.90. The highest BCUT2D eigenvalue weighted by molar-refractivity contribution is 6.03. The van der Waals surface area contributed by atoms with Crippen molar-refractivity contribution in [2.24, 2.45) is 0 Å². The summed E-state index contributed by atoms with van der Waals surface area (Å²) in [6.45, 7) is 1.90. The van der Waals surface area contributed by atoms with Gasteiger partial charge < -0.3 is 19.7 Å². The van der Waals surface area contributed by atoms with Crippen molar-refractivity contribution in [1.29, 1.82) is 0 Å². The minimum atomic E-state index is -1.05. The molecule has 0 saturated heterocycles. The number of hydrogen-bond acceptors (Lipinski definition) is 5. The van der Waals surface area contributed by atoms with E-state index in [1.165, 1.54) is 19.2 Å². The first-order chi connectivity index (χ1) is 10.0. The first-order valence-electron chi connectivity index (χ1n) is 6.11. The lowest BCUT2D eigenvalue weighted by atomic mass is 10.1. The Hall–Kier alpha value is -2.67. The van der Waals surface area contributed by atoms with Crippen molar-refractivity contribution in [2.45, 2.75) is 13.5 Å². The second-order valence-corrected chi connectivity index (χ2v) is 4.40. The SMILES string of the molecule is COCc1cc(C(=O)Nc2ccc(C)c(C(=O)O)c2)no1. The van der Waals surface area contributed by atoms with Crippen molar-refractivity contribution < 1.29 is 24.0 Å². The molecule has 110 valence electrons. The van der Waals surface area contributed by atoms with E-state index >= 15 is 0 Å². The lowest BCUT2D eigenvalue weighted by molar-refractivity contribution is 0.0695. The van der Waals surface area contributed by atoms with Crippen molar-refractivity contribution in [1.82, 2.24) is 5.16 Å². The van der Waals surface area contributed by atoms with Crippen LogP contribution >= 0.6 is 0 Å². The number of carbonyl (C=O) groups is 2. The third-order valence-corrected chi connectivity index (χ3v) is 2.80. The number of anilines is 1. The summed E-state index contributed by atoms with van der Waals surface area (Å²) in [5.74, 6) is -1.11. The molecule has 21 heavy (non-hydrogen) atoms. The van der Waals surface area contributed by atoms with E-state index in [-0.39, 0.29) is 17.9 Å². The van der Waals surface area contributed by atoms with E-state index in [9.17, 15) is 9.59 Å². The monoisotopic (exact) mass is 290 g/mol. The van der Waals surface area contributed by atoms with E-state index in [1.807, 2.05) is 0 Å². The quantitative estimate of drug-likeness (QED) is 0.874. The second-order valence-electron chi connectivity index (χ2n) is 4.40. The van der Waals surface area contributed by atoms with Crippen LogP contribution in [-0.4, -0.2) is 29.2 Å².